The van der Waals surface area contributed by atoms with Gasteiger partial charge in [0.2, 0.25) is 0 Å². The van der Waals surface area contributed by atoms with Crippen LogP contribution in [0.3, 0.4) is 0 Å². The molecule has 1 aromatic carbocycles. The van der Waals surface area contributed by atoms with Crippen molar-refractivity contribution in [3.63, 3.8) is 0 Å². The van der Waals surface area contributed by atoms with Gasteiger partial charge in [-0.1, -0.05) is 17.5 Å². The first kappa shape index (κ1) is 19.8. The average Bonchev–Trinajstić information content (AvgIpc) is 2.45. The number of benzene rings is 1. The molecule has 0 bridgehead atoms. The van der Waals surface area contributed by atoms with Gasteiger partial charge in [0, 0.05) is 13.0 Å². The summed E-state index contributed by atoms with van der Waals surface area (Å²) in [5.41, 5.74) is -0.793. The van der Waals surface area contributed by atoms with E-state index in [-0.39, 0.29) is 16.9 Å². The molecule has 0 aliphatic rings. The molecule has 0 atom stereocenters. The van der Waals surface area contributed by atoms with Crippen molar-refractivity contribution in [2.24, 2.45) is 0 Å². The number of nitro benzene ring substituents is 1. The van der Waals surface area contributed by atoms with E-state index in [1.54, 1.807) is 0 Å². The Hall–Kier alpha value is -2.24. The summed E-state index contributed by atoms with van der Waals surface area (Å²) in [4.78, 5) is 33.7. The molecule has 1 aromatic rings. The molecule has 0 amide bonds. The van der Waals surface area contributed by atoms with Crippen molar-refractivity contribution in [1.82, 2.24) is 0 Å². The van der Waals surface area contributed by atoms with E-state index in [0.717, 1.165) is 20.1 Å². The summed E-state index contributed by atoms with van der Waals surface area (Å²) in [6.45, 7) is 1.11. The van der Waals surface area contributed by atoms with Crippen molar-refractivity contribution >= 4 is 39.3 Å². The molecule has 0 N–H and O–H groups in total. The topological polar surface area (TPSA) is 95.7 Å². The number of methoxy groups -OCH3 is 1. The number of hydrogen-bond donors (Lipinski definition) is 0. The summed E-state index contributed by atoms with van der Waals surface area (Å²) in [6, 6.07) is 0.961. The van der Waals surface area contributed by atoms with Gasteiger partial charge in [-0.15, -0.1) is 0 Å². The zero-order valence-electron chi connectivity index (χ0n) is 13.8. The summed E-state index contributed by atoms with van der Waals surface area (Å²) in [5, 5.41) is 13.7. The highest BCUT2D eigenvalue weighted by Crippen LogP contribution is 2.40. The van der Waals surface area contributed by atoms with Gasteiger partial charge in [0.25, 0.3) is 5.69 Å². The van der Waals surface area contributed by atoms with Crippen LogP contribution >= 0.6 is 21.6 Å². The van der Waals surface area contributed by atoms with Crippen molar-refractivity contribution in [2.75, 3.05) is 25.9 Å². The lowest BCUT2D eigenvalue weighted by Crippen LogP contribution is -2.11. The fraction of sp³-hybridized carbons (Fsp3) is 0.333. The number of nitrogens with zero attached hydrogens (tertiary/aromatic N) is 1. The van der Waals surface area contributed by atoms with Gasteiger partial charge in [0.15, 0.2) is 10.8 Å². The number of halogens is 1. The molecule has 0 radical (unpaired) electrons. The molecule has 0 heterocycles. The maximum Gasteiger partial charge on any atom is 0.339 e. The van der Waals surface area contributed by atoms with Crippen molar-refractivity contribution < 1.29 is 24.0 Å². The molecule has 130 valence electrons. The van der Waals surface area contributed by atoms with Crippen LogP contribution in [-0.2, 0) is 9.53 Å². The minimum Gasteiger partial charge on any atom is -0.465 e. The smallest absolute Gasteiger partial charge is 0.339 e. The molecule has 7 nitrogen and oxygen atoms in total. The molecule has 1 rings (SSSR count). The highest BCUT2D eigenvalue weighted by Gasteiger charge is 2.28. The Kier molecular flexibility index (Phi) is 6.23. The van der Waals surface area contributed by atoms with Crippen LogP contribution in [0.2, 0.25) is 5.02 Å². The number of esters is 2. The van der Waals surface area contributed by atoms with Crippen molar-refractivity contribution in [3.8, 4) is 16.9 Å². The molecule has 0 spiro atoms. The quantitative estimate of drug-likeness (QED) is 0.266. The lowest BCUT2D eigenvalue weighted by atomic mass is 10.1. The van der Waals surface area contributed by atoms with Crippen LogP contribution in [0.1, 0.15) is 22.8 Å². The van der Waals surface area contributed by atoms with E-state index in [4.69, 9.17) is 16.3 Å². The van der Waals surface area contributed by atoms with Gasteiger partial charge in [-0.2, -0.15) is 10.0 Å². The highest BCUT2D eigenvalue weighted by atomic mass is 35.5. The lowest BCUT2D eigenvalue weighted by Gasteiger charge is -2.16. The fourth-order valence-corrected chi connectivity index (χ4v) is 2.26. The van der Waals surface area contributed by atoms with Crippen LogP contribution in [0.25, 0.3) is 0 Å². The van der Waals surface area contributed by atoms with Gasteiger partial charge in [0.1, 0.15) is 0 Å². The summed E-state index contributed by atoms with van der Waals surface area (Å²) in [6.07, 6.45) is 5.74. The SMILES string of the molecule is COC(=O)c1cc([N+](=O)[O-])c(Cl)c(OC(C)=O)c1C#CS(C)(C)C. The second kappa shape index (κ2) is 7.55. The summed E-state index contributed by atoms with van der Waals surface area (Å²) >= 11 is 5.99. The number of nitro groups is 1. The molecule has 0 aromatic heterocycles. The number of hydrogen-bond acceptors (Lipinski definition) is 6. The van der Waals surface area contributed by atoms with Gasteiger partial charge in [0.05, 0.1) is 23.2 Å². The van der Waals surface area contributed by atoms with Gasteiger partial charge in [-0.3, -0.25) is 14.9 Å². The van der Waals surface area contributed by atoms with E-state index in [9.17, 15) is 19.7 Å². The number of carbonyl (C=O) groups is 2. The van der Waals surface area contributed by atoms with Crippen LogP contribution in [0.4, 0.5) is 5.69 Å². The summed E-state index contributed by atoms with van der Waals surface area (Å²) < 4.78 is 9.63. The van der Waals surface area contributed by atoms with Crippen LogP contribution in [0.5, 0.6) is 5.75 Å². The highest BCUT2D eigenvalue weighted by molar-refractivity contribution is 8.35. The molecule has 0 unspecified atom stereocenters. The molecule has 24 heavy (non-hydrogen) atoms. The third kappa shape index (κ3) is 4.88. The average molecular weight is 374 g/mol. The lowest BCUT2D eigenvalue weighted by molar-refractivity contribution is -0.384. The predicted molar refractivity (Wildman–Crippen MR) is 93.0 cm³/mol. The molecule has 0 aliphatic carbocycles. The molecular formula is C15H16ClNO6S. The van der Waals surface area contributed by atoms with E-state index in [0.29, 0.717) is 0 Å². The van der Waals surface area contributed by atoms with Gasteiger partial charge >= 0.3 is 11.9 Å². The largest absolute Gasteiger partial charge is 0.465 e. The van der Waals surface area contributed by atoms with Crippen molar-refractivity contribution in [3.05, 3.63) is 32.3 Å². The Labute approximate surface area is 145 Å². The first-order valence-electron chi connectivity index (χ1n) is 6.46. The molecule has 0 saturated carbocycles. The predicted octanol–water partition coefficient (Wildman–Crippen LogP) is 2.96. The van der Waals surface area contributed by atoms with Crippen LogP contribution in [-0.4, -0.2) is 42.7 Å². The number of rotatable bonds is 3. The second-order valence-corrected chi connectivity index (χ2v) is 9.62. The Bertz CT molecular complexity index is 773. The molecular weight excluding hydrogens is 358 g/mol. The second-order valence-electron chi connectivity index (χ2n) is 5.37. The van der Waals surface area contributed by atoms with Crippen molar-refractivity contribution in [2.45, 2.75) is 6.92 Å². The first-order valence-corrected chi connectivity index (χ1v) is 9.70. The molecule has 9 heteroatoms. The Balaban J connectivity index is 3.86. The monoisotopic (exact) mass is 373 g/mol. The third-order valence-corrected chi connectivity index (χ3v) is 3.61. The van der Waals surface area contributed by atoms with Gasteiger partial charge in [-0.25, -0.2) is 4.79 Å². The molecule has 0 saturated heterocycles. The van der Waals surface area contributed by atoms with Crippen LogP contribution < -0.4 is 4.74 Å². The minimum absolute atomic E-state index is 0.0184. The van der Waals surface area contributed by atoms with Gasteiger partial charge < -0.3 is 9.47 Å². The zero-order valence-corrected chi connectivity index (χ0v) is 15.3. The van der Waals surface area contributed by atoms with E-state index < -0.39 is 37.6 Å². The summed E-state index contributed by atoms with van der Waals surface area (Å²) in [5.74, 6) is 0.826. The van der Waals surface area contributed by atoms with Crippen LogP contribution in [0, 0.1) is 21.3 Å². The number of ether oxygens (including phenoxy) is 2. The van der Waals surface area contributed by atoms with Crippen LogP contribution in [0.15, 0.2) is 6.07 Å². The minimum atomic E-state index is -1.29. The molecule has 0 aliphatic heterocycles. The summed E-state index contributed by atoms with van der Waals surface area (Å²) in [7, 11) is -0.161. The van der Waals surface area contributed by atoms with E-state index >= 15 is 0 Å². The Morgan fingerprint density at radius 3 is 2.33 bits per heavy atom. The maximum atomic E-state index is 12.0. The standard InChI is InChI=1S/C15H16ClNO6S/c1-9(18)23-14-10(6-7-24(3,4)5)11(15(19)22-2)8-12(13(14)16)17(20)21/h8H,1-5H3. The van der Waals surface area contributed by atoms with E-state index in [1.165, 1.54) is 0 Å². The van der Waals surface area contributed by atoms with E-state index in [2.05, 4.69) is 15.9 Å². The zero-order chi connectivity index (χ0) is 18.7. The number of carbonyl (C=O) groups excluding carboxylic acids is 2. The maximum absolute atomic E-state index is 12.0. The van der Waals surface area contributed by atoms with Crippen molar-refractivity contribution in [1.29, 1.82) is 0 Å². The van der Waals surface area contributed by atoms with Gasteiger partial charge in [-0.05, 0) is 24.0 Å². The normalized spacial score (nSPS) is 11.1. The third-order valence-electron chi connectivity index (χ3n) is 2.53. The fourth-order valence-electron chi connectivity index (χ4n) is 1.59. The Morgan fingerprint density at radius 2 is 1.92 bits per heavy atom. The van der Waals surface area contributed by atoms with E-state index in [1.807, 2.05) is 18.8 Å². The Morgan fingerprint density at radius 1 is 1.33 bits per heavy atom. The molecule has 0 fully saturated rings. The first-order chi connectivity index (χ1) is 11.0.